The maximum Gasteiger partial charge on any atom is 0.310 e. The first-order valence-corrected chi connectivity index (χ1v) is 9.45. The SMILES string of the molecule is Cc1cccc(N2CCN(C(=O)[C@@H]3[C@@H](C(=O)O)[C@@H]4CC[C@@H]3O4)CC2)c1C. The summed E-state index contributed by atoms with van der Waals surface area (Å²) in [5.41, 5.74) is 3.77. The zero-order chi connectivity index (χ0) is 18.4. The van der Waals surface area contributed by atoms with Crippen LogP contribution in [0.15, 0.2) is 18.2 Å². The minimum absolute atomic E-state index is 0.0368. The number of carboxylic acid groups (broad SMARTS) is 1. The van der Waals surface area contributed by atoms with Crippen molar-refractivity contribution in [2.75, 3.05) is 31.1 Å². The Labute approximate surface area is 153 Å². The largest absolute Gasteiger partial charge is 0.481 e. The number of nitrogens with zero attached hydrogens (tertiary/aromatic N) is 2. The van der Waals surface area contributed by atoms with Gasteiger partial charge in [0.05, 0.1) is 24.0 Å². The number of benzene rings is 1. The molecule has 0 radical (unpaired) electrons. The van der Waals surface area contributed by atoms with Crippen LogP contribution in [0.1, 0.15) is 24.0 Å². The number of hydrogen-bond acceptors (Lipinski definition) is 4. The number of piperazine rings is 1. The Kier molecular flexibility index (Phi) is 4.39. The summed E-state index contributed by atoms with van der Waals surface area (Å²) >= 11 is 0. The third-order valence-electron chi connectivity index (χ3n) is 6.35. The summed E-state index contributed by atoms with van der Waals surface area (Å²) in [4.78, 5) is 28.8. The second-order valence-electron chi connectivity index (χ2n) is 7.71. The number of carbonyl (C=O) groups is 2. The summed E-state index contributed by atoms with van der Waals surface area (Å²) < 4.78 is 5.75. The number of carbonyl (C=O) groups excluding carboxylic acids is 1. The van der Waals surface area contributed by atoms with Gasteiger partial charge in [-0.15, -0.1) is 0 Å². The quantitative estimate of drug-likeness (QED) is 0.893. The number of hydrogen-bond donors (Lipinski definition) is 1. The second-order valence-corrected chi connectivity index (χ2v) is 7.71. The number of ether oxygens (including phenoxy) is 1. The topological polar surface area (TPSA) is 70.1 Å². The highest BCUT2D eigenvalue weighted by Crippen LogP contribution is 2.44. The van der Waals surface area contributed by atoms with E-state index in [1.165, 1.54) is 16.8 Å². The van der Waals surface area contributed by atoms with E-state index in [1.807, 2.05) is 4.90 Å². The van der Waals surface area contributed by atoms with Crippen LogP contribution in [0.4, 0.5) is 5.69 Å². The van der Waals surface area contributed by atoms with Crippen molar-refractivity contribution in [2.45, 2.75) is 38.9 Å². The summed E-state index contributed by atoms with van der Waals surface area (Å²) in [6, 6.07) is 6.31. The van der Waals surface area contributed by atoms with E-state index in [0.717, 1.165) is 25.9 Å². The van der Waals surface area contributed by atoms with Crippen molar-refractivity contribution in [1.29, 1.82) is 0 Å². The molecule has 140 valence electrons. The molecular formula is C20H26N2O4. The van der Waals surface area contributed by atoms with Crippen LogP contribution in [0.2, 0.25) is 0 Å². The molecule has 0 unspecified atom stereocenters. The summed E-state index contributed by atoms with van der Waals surface area (Å²) in [5.74, 6) is -2.13. The predicted molar refractivity (Wildman–Crippen MR) is 97.2 cm³/mol. The number of anilines is 1. The molecule has 26 heavy (non-hydrogen) atoms. The molecule has 0 saturated carbocycles. The van der Waals surface area contributed by atoms with Crippen molar-refractivity contribution in [3.63, 3.8) is 0 Å². The van der Waals surface area contributed by atoms with Gasteiger partial charge in [-0.1, -0.05) is 12.1 Å². The van der Waals surface area contributed by atoms with Gasteiger partial charge < -0.3 is 19.6 Å². The number of rotatable bonds is 3. The number of carboxylic acids is 1. The molecule has 3 heterocycles. The van der Waals surface area contributed by atoms with Crippen molar-refractivity contribution in [3.8, 4) is 0 Å². The van der Waals surface area contributed by atoms with Gasteiger partial charge in [-0.25, -0.2) is 0 Å². The molecule has 3 saturated heterocycles. The van der Waals surface area contributed by atoms with Crippen LogP contribution in [0, 0.1) is 25.7 Å². The fraction of sp³-hybridized carbons (Fsp3) is 0.600. The van der Waals surface area contributed by atoms with Crippen molar-refractivity contribution in [2.24, 2.45) is 11.8 Å². The average Bonchev–Trinajstić information content (AvgIpc) is 3.25. The van der Waals surface area contributed by atoms with E-state index < -0.39 is 17.8 Å². The zero-order valence-electron chi connectivity index (χ0n) is 15.4. The van der Waals surface area contributed by atoms with Crippen molar-refractivity contribution in [1.82, 2.24) is 4.90 Å². The number of aliphatic carboxylic acids is 1. The molecule has 0 spiro atoms. The van der Waals surface area contributed by atoms with Gasteiger partial charge in [0.15, 0.2) is 0 Å². The first kappa shape index (κ1) is 17.3. The van der Waals surface area contributed by atoms with Gasteiger partial charge in [0, 0.05) is 31.9 Å². The molecule has 6 heteroatoms. The molecule has 1 N–H and O–H groups in total. The third kappa shape index (κ3) is 2.76. The Morgan fingerprint density at radius 1 is 1.04 bits per heavy atom. The molecular weight excluding hydrogens is 332 g/mol. The molecule has 3 fully saturated rings. The third-order valence-corrected chi connectivity index (χ3v) is 6.35. The Hall–Kier alpha value is -2.08. The Morgan fingerprint density at radius 2 is 1.69 bits per heavy atom. The van der Waals surface area contributed by atoms with E-state index in [-0.39, 0.29) is 18.1 Å². The Morgan fingerprint density at radius 3 is 2.35 bits per heavy atom. The molecule has 3 aliphatic heterocycles. The first-order chi connectivity index (χ1) is 12.5. The summed E-state index contributed by atoms with van der Waals surface area (Å²) in [6.45, 7) is 7.05. The van der Waals surface area contributed by atoms with Gasteiger partial charge in [-0.05, 0) is 43.9 Å². The van der Waals surface area contributed by atoms with E-state index >= 15 is 0 Å². The van der Waals surface area contributed by atoms with Gasteiger partial charge in [-0.2, -0.15) is 0 Å². The summed E-state index contributed by atoms with van der Waals surface area (Å²) in [6.07, 6.45) is 1.05. The van der Waals surface area contributed by atoms with Gasteiger partial charge in [0.25, 0.3) is 0 Å². The Balaban J connectivity index is 1.44. The smallest absolute Gasteiger partial charge is 0.310 e. The summed E-state index contributed by atoms with van der Waals surface area (Å²) in [7, 11) is 0. The van der Waals surface area contributed by atoms with Crippen LogP contribution in [0.5, 0.6) is 0 Å². The number of amides is 1. The van der Waals surface area contributed by atoms with Gasteiger partial charge in [-0.3, -0.25) is 9.59 Å². The van der Waals surface area contributed by atoms with Crippen LogP contribution >= 0.6 is 0 Å². The monoisotopic (exact) mass is 358 g/mol. The first-order valence-electron chi connectivity index (χ1n) is 9.45. The molecule has 3 aliphatic rings. The molecule has 1 amide bonds. The number of fused-ring (bicyclic) bond motifs is 2. The predicted octanol–water partition coefficient (Wildman–Crippen LogP) is 1.83. The maximum atomic E-state index is 13.0. The highest BCUT2D eigenvalue weighted by Gasteiger charge is 2.56. The normalized spacial score (nSPS) is 30.7. The highest BCUT2D eigenvalue weighted by atomic mass is 16.5. The molecule has 1 aromatic carbocycles. The lowest BCUT2D eigenvalue weighted by Gasteiger charge is -2.39. The molecule has 1 aromatic rings. The fourth-order valence-electron chi connectivity index (χ4n) is 4.76. The lowest BCUT2D eigenvalue weighted by molar-refractivity contribution is -0.151. The number of aryl methyl sites for hydroxylation is 1. The van der Waals surface area contributed by atoms with Crippen LogP contribution in [0.25, 0.3) is 0 Å². The molecule has 4 rings (SSSR count). The van der Waals surface area contributed by atoms with Crippen LogP contribution in [-0.2, 0) is 14.3 Å². The maximum absolute atomic E-state index is 13.0. The lowest BCUT2D eigenvalue weighted by Crippen LogP contribution is -2.53. The van der Waals surface area contributed by atoms with E-state index in [0.29, 0.717) is 13.1 Å². The molecule has 2 bridgehead atoms. The van der Waals surface area contributed by atoms with Crippen molar-refractivity contribution >= 4 is 17.6 Å². The molecule has 0 aromatic heterocycles. The Bertz CT molecular complexity index is 727. The lowest BCUT2D eigenvalue weighted by atomic mass is 9.78. The minimum Gasteiger partial charge on any atom is -0.481 e. The van der Waals surface area contributed by atoms with E-state index in [1.54, 1.807) is 0 Å². The summed E-state index contributed by atoms with van der Waals surface area (Å²) in [5, 5.41) is 9.54. The van der Waals surface area contributed by atoms with E-state index in [9.17, 15) is 14.7 Å². The van der Waals surface area contributed by atoms with Gasteiger partial charge in [0.2, 0.25) is 5.91 Å². The minimum atomic E-state index is -0.899. The fourth-order valence-corrected chi connectivity index (χ4v) is 4.76. The molecule has 4 atom stereocenters. The van der Waals surface area contributed by atoms with Crippen molar-refractivity contribution in [3.05, 3.63) is 29.3 Å². The van der Waals surface area contributed by atoms with Crippen LogP contribution < -0.4 is 4.90 Å². The standard InChI is InChI=1S/C20H26N2O4/c1-12-4-3-5-14(13(12)2)21-8-10-22(11-9-21)19(23)17-15-6-7-16(26-15)18(17)20(24)25/h3-5,15-18H,6-11H2,1-2H3,(H,24,25)/t15-,16-,17-,18-/m0/s1. The van der Waals surface area contributed by atoms with E-state index in [2.05, 4.69) is 36.9 Å². The highest BCUT2D eigenvalue weighted by molar-refractivity contribution is 5.87. The van der Waals surface area contributed by atoms with Gasteiger partial charge >= 0.3 is 5.97 Å². The van der Waals surface area contributed by atoms with Crippen LogP contribution in [0.3, 0.4) is 0 Å². The van der Waals surface area contributed by atoms with Gasteiger partial charge in [0.1, 0.15) is 0 Å². The van der Waals surface area contributed by atoms with Crippen LogP contribution in [-0.4, -0.2) is 60.3 Å². The zero-order valence-corrected chi connectivity index (χ0v) is 15.4. The second kappa shape index (κ2) is 6.58. The average molecular weight is 358 g/mol. The molecule has 0 aliphatic carbocycles. The molecule has 6 nitrogen and oxygen atoms in total. The van der Waals surface area contributed by atoms with Crippen molar-refractivity contribution < 1.29 is 19.4 Å². The van der Waals surface area contributed by atoms with E-state index in [4.69, 9.17) is 4.74 Å².